The van der Waals surface area contributed by atoms with Gasteiger partial charge in [-0.15, -0.1) is 11.6 Å². The largest absolute Gasteiger partial charge is 0.481 e. The first-order valence-electron chi connectivity index (χ1n) is 7.42. The lowest BCUT2D eigenvalue weighted by Crippen LogP contribution is -2.36. The van der Waals surface area contributed by atoms with Gasteiger partial charge in [0.25, 0.3) is 0 Å². The van der Waals surface area contributed by atoms with Gasteiger partial charge in [-0.2, -0.15) is 0 Å². The van der Waals surface area contributed by atoms with Crippen molar-refractivity contribution in [3.8, 4) is 11.8 Å². The van der Waals surface area contributed by atoms with Gasteiger partial charge in [0.05, 0.1) is 26.3 Å². The van der Waals surface area contributed by atoms with Crippen LogP contribution in [0.3, 0.4) is 0 Å². The Kier molecular flexibility index (Phi) is 5.98. The van der Waals surface area contributed by atoms with Crippen molar-refractivity contribution in [2.45, 2.75) is 25.8 Å². The maximum atomic E-state index is 12.7. The van der Waals surface area contributed by atoms with E-state index in [1.165, 1.54) is 20.5 Å². The highest BCUT2D eigenvalue weighted by Gasteiger charge is 2.25. The summed E-state index contributed by atoms with van der Waals surface area (Å²) in [5.41, 5.74) is 2.30. The summed E-state index contributed by atoms with van der Waals surface area (Å²) >= 11 is 6.05. The monoisotopic (exact) mass is 349 g/mol. The highest BCUT2D eigenvalue weighted by molar-refractivity contribution is 6.32. The first-order valence-corrected chi connectivity index (χ1v) is 7.86. The first kappa shape index (κ1) is 18.0. The minimum Gasteiger partial charge on any atom is -0.481 e. The maximum absolute atomic E-state index is 12.7. The Balaban J connectivity index is 2.51. The highest BCUT2D eigenvalue weighted by Crippen LogP contribution is 2.29. The Morgan fingerprint density at radius 2 is 1.79 bits per heavy atom. The quantitative estimate of drug-likeness (QED) is 0.750. The van der Waals surface area contributed by atoms with E-state index < -0.39 is 5.38 Å². The third-order valence-corrected chi connectivity index (χ3v) is 3.77. The molecule has 1 aromatic heterocycles. The number of methoxy groups -OCH3 is 2. The zero-order valence-electron chi connectivity index (χ0n) is 14.1. The number of benzene rings is 1. The van der Waals surface area contributed by atoms with Gasteiger partial charge in [0.15, 0.2) is 0 Å². The number of hydrogen-bond donors (Lipinski definition) is 0. The molecule has 0 spiro atoms. The Morgan fingerprint density at radius 3 is 2.29 bits per heavy atom. The fraction of sp³-hybridized carbons (Fsp3) is 0.353. The Hall–Kier alpha value is -2.34. The van der Waals surface area contributed by atoms with Crippen molar-refractivity contribution in [3.05, 3.63) is 41.7 Å². The van der Waals surface area contributed by atoms with E-state index in [-0.39, 0.29) is 12.5 Å². The van der Waals surface area contributed by atoms with Crippen LogP contribution in [-0.4, -0.2) is 35.5 Å². The van der Waals surface area contributed by atoms with Gasteiger partial charge in [0, 0.05) is 5.69 Å². The van der Waals surface area contributed by atoms with Crippen LogP contribution in [0.2, 0.25) is 0 Å². The van der Waals surface area contributed by atoms with Gasteiger partial charge in [-0.05, 0) is 25.5 Å². The van der Waals surface area contributed by atoms with Gasteiger partial charge in [-0.1, -0.05) is 18.2 Å². The smallest absolute Gasteiger partial charge is 0.245 e. The molecule has 0 fully saturated rings. The van der Waals surface area contributed by atoms with Gasteiger partial charge in [0.1, 0.15) is 11.7 Å². The molecular weight excluding hydrogens is 330 g/mol. The summed E-state index contributed by atoms with van der Waals surface area (Å²) in [5.74, 6) is 0.491. The number of halogens is 1. The molecule has 0 saturated heterocycles. The number of para-hydroxylation sites is 1. The second kappa shape index (κ2) is 7.97. The standard InChI is InChI=1S/C17H20ClN3O3/c1-11-7-5-6-8-14(11)21(17(22)12(2)18)9-13-15(23-3)19-10-20-16(13)24-4/h5-8,10,12H,9H2,1-4H3. The van der Waals surface area contributed by atoms with E-state index in [1.807, 2.05) is 31.2 Å². The van der Waals surface area contributed by atoms with E-state index in [0.29, 0.717) is 17.3 Å². The third-order valence-electron chi connectivity index (χ3n) is 3.58. The highest BCUT2D eigenvalue weighted by atomic mass is 35.5. The number of carbonyl (C=O) groups is 1. The molecule has 0 aliphatic heterocycles. The van der Waals surface area contributed by atoms with Crippen LogP contribution in [0.5, 0.6) is 11.8 Å². The molecule has 7 heteroatoms. The van der Waals surface area contributed by atoms with Gasteiger partial charge in [-0.3, -0.25) is 4.79 Å². The van der Waals surface area contributed by atoms with E-state index >= 15 is 0 Å². The molecule has 24 heavy (non-hydrogen) atoms. The van der Waals surface area contributed by atoms with Crippen molar-refractivity contribution in [1.82, 2.24) is 9.97 Å². The lowest BCUT2D eigenvalue weighted by molar-refractivity contribution is -0.118. The van der Waals surface area contributed by atoms with Gasteiger partial charge in [-0.25, -0.2) is 9.97 Å². The summed E-state index contributed by atoms with van der Waals surface area (Å²) in [6.45, 7) is 3.77. The Bertz CT molecular complexity index is 700. The zero-order valence-corrected chi connectivity index (χ0v) is 14.9. The van der Waals surface area contributed by atoms with Crippen LogP contribution in [0.1, 0.15) is 18.1 Å². The molecule has 6 nitrogen and oxygen atoms in total. The third kappa shape index (κ3) is 3.76. The number of amides is 1. The normalized spacial score (nSPS) is 11.7. The number of anilines is 1. The molecular formula is C17H20ClN3O3. The average Bonchev–Trinajstić information content (AvgIpc) is 2.59. The number of hydrogen-bond acceptors (Lipinski definition) is 5. The topological polar surface area (TPSA) is 64.6 Å². The van der Waals surface area contributed by atoms with Crippen LogP contribution in [-0.2, 0) is 11.3 Å². The lowest BCUT2D eigenvalue weighted by atomic mass is 10.1. The molecule has 1 unspecified atom stereocenters. The van der Waals surface area contributed by atoms with Crippen LogP contribution < -0.4 is 14.4 Å². The molecule has 0 aliphatic carbocycles. The van der Waals surface area contributed by atoms with E-state index in [1.54, 1.807) is 11.8 Å². The number of nitrogens with zero attached hydrogens (tertiary/aromatic N) is 3. The Morgan fingerprint density at radius 1 is 1.21 bits per heavy atom. The van der Waals surface area contributed by atoms with Gasteiger partial charge in [0.2, 0.25) is 17.7 Å². The average molecular weight is 350 g/mol. The van der Waals surface area contributed by atoms with Crippen molar-refractivity contribution in [2.75, 3.05) is 19.1 Å². The van der Waals surface area contributed by atoms with E-state index in [2.05, 4.69) is 9.97 Å². The molecule has 1 atom stereocenters. The summed E-state index contributed by atoms with van der Waals surface area (Å²) in [6, 6.07) is 7.59. The summed E-state index contributed by atoms with van der Waals surface area (Å²) in [7, 11) is 3.02. The first-order chi connectivity index (χ1) is 11.5. The molecule has 0 bridgehead atoms. The summed E-state index contributed by atoms with van der Waals surface area (Å²) in [6.07, 6.45) is 1.35. The van der Waals surface area contributed by atoms with Crippen LogP contribution >= 0.6 is 11.6 Å². The van der Waals surface area contributed by atoms with Crippen LogP contribution in [0.15, 0.2) is 30.6 Å². The number of aromatic nitrogens is 2. The summed E-state index contributed by atoms with van der Waals surface area (Å²) in [4.78, 5) is 22.5. The van der Waals surface area contributed by atoms with Gasteiger partial charge < -0.3 is 14.4 Å². The van der Waals surface area contributed by atoms with Gasteiger partial charge >= 0.3 is 0 Å². The molecule has 1 heterocycles. The minimum absolute atomic E-state index is 0.188. The number of aryl methyl sites for hydroxylation is 1. The van der Waals surface area contributed by atoms with Crippen molar-refractivity contribution < 1.29 is 14.3 Å². The van der Waals surface area contributed by atoms with Crippen molar-refractivity contribution in [2.24, 2.45) is 0 Å². The number of ether oxygens (including phenoxy) is 2. The van der Waals surface area contributed by atoms with Crippen LogP contribution in [0.25, 0.3) is 0 Å². The van der Waals surface area contributed by atoms with Crippen LogP contribution in [0, 0.1) is 6.92 Å². The van der Waals surface area contributed by atoms with E-state index in [0.717, 1.165) is 11.3 Å². The van der Waals surface area contributed by atoms with Crippen molar-refractivity contribution in [1.29, 1.82) is 0 Å². The molecule has 1 aromatic carbocycles. The summed E-state index contributed by atoms with van der Waals surface area (Å²) < 4.78 is 10.6. The maximum Gasteiger partial charge on any atom is 0.245 e. The molecule has 0 saturated carbocycles. The molecule has 1 amide bonds. The van der Waals surface area contributed by atoms with Crippen molar-refractivity contribution in [3.63, 3.8) is 0 Å². The number of alkyl halides is 1. The molecule has 0 aliphatic rings. The molecule has 2 rings (SSSR count). The SMILES string of the molecule is COc1ncnc(OC)c1CN(C(=O)C(C)Cl)c1ccccc1C. The Labute approximate surface area is 146 Å². The zero-order chi connectivity index (χ0) is 17.7. The van der Waals surface area contributed by atoms with Crippen molar-refractivity contribution >= 4 is 23.2 Å². The fourth-order valence-electron chi connectivity index (χ4n) is 2.39. The predicted octanol–water partition coefficient (Wildman–Crippen LogP) is 2.96. The second-order valence-corrected chi connectivity index (χ2v) is 5.85. The predicted molar refractivity (Wildman–Crippen MR) is 92.8 cm³/mol. The second-order valence-electron chi connectivity index (χ2n) is 5.20. The fourth-order valence-corrected chi connectivity index (χ4v) is 2.51. The van der Waals surface area contributed by atoms with Crippen LogP contribution in [0.4, 0.5) is 5.69 Å². The number of carbonyl (C=O) groups excluding carboxylic acids is 1. The summed E-state index contributed by atoms with van der Waals surface area (Å²) in [5, 5.41) is -0.675. The minimum atomic E-state index is -0.675. The molecule has 0 radical (unpaired) electrons. The molecule has 128 valence electrons. The van der Waals surface area contributed by atoms with E-state index in [9.17, 15) is 4.79 Å². The van der Waals surface area contributed by atoms with E-state index in [4.69, 9.17) is 21.1 Å². The lowest BCUT2D eigenvalue weighted by Gasteiger charge is -2.26. The number of rotatable bonds is 6. The molecule has 2 aromatic rings. The molecule has 0 N–H and O–H groups in total.